The molecule has 3 heteroatoms. The summed E-state index contributed by atoms with van der Waals surface area (Å²) in [7, 11) is 0. The van der Waals surface area contributed by atoms with Crippen molar-refractivity contribution in [3.8, 4) is 0 Å². The zero-order chi connectivity index (χ0) is 6.04. The summed E-state index contributed by atoms with van der Waals surface area (Å²) in [5, 5.41) is 7.55. The number of rotatable bonds is 1. The van der Waals surface area contributed by atoms with Crippen molar-refractivity contribution < 1.29 is 0 Å². The van der Waals surface area contributed by atoms with E-state index in [4.69, 9.17) is 5.73 Å². The summed E-state index contributed by atoms with van der Waals surface area (Å²) in [6, 6.07) is 0. The van der Waals surface area contributed by atoms with Gasteiger partial charge in [0.25, 0.3) is 0 Å². The van der Waals surface area contributed by atoms with Gasteiger partial charge in [-0.05, 0) is 13.0 Å². The second kappa shape index (κ2) is 1.67. The molecule has 1 atom stereocenters. The molecule has 0 radical (unpaired) electrons. The normalized spacial score (nSPS) is 34.2. The van der Waals surface area contributed by atoms with Crippen LogP contribution in [0.2, 0.25) is 0 Å². The zero-order valence-corrected chi connectivity index (χ0v) is 4.83. The Morgan fingerprint density at radius 3 is 2.75 bits per heavy atom. The summed E-state index contributed by atoms with van der Waals surface area (Å²) >= 11 is 0. The topological polar surface area (TPSA) is 50.7 Å². The molecule has 0 aliphatic carbocycles. The molecule has 0 saturated heterocycles. The summed E-state index contributed by atoms with van der Waals surface area (Å²) in [5.41, 5.74) is 5.15. The van der Waals surface area contributed by atoms with Gasteiger partial charge in [-0.3, -0.25) is 0 Å². The van der Waals surface area contributed by atoms with Crippen LogP contribution in [0.25, 0.3) is 0 Å². The average molecular weight is 111 g/mol. The van der Waals surface area contributed by atoms with Crippen LogP contribution in [0.4, 0.5) is 0 Å². The van der Waals surface area contributed by atoms with Crippen molar-refractivity contribution in [2.75, 3.05) is 6.54 Å². The van der Waals surface area contributed by atoms with Crippen LogP contribution in [0.15, 0.2) is 22.5 Å². The maximum Gasteiger partial charge on any atom is 0.111 e. The number of azo groups is 1. The van der Waals surface area contributed by atoms with Crippen LogP contribution in [0.3, 0.4) is 0 Å². The first-order valence-electron chi connectivity index (χ1n) is 2.57. The molecule has 44 valence electrons. The number of nitrogens with zero attached hydrogens (tertiary/aromatic N) is 2. The highest BCUT2D eigenvalue weighted by Gasteiger charge is 2.19. The Morgan fingerprint density at radius 2 is 2.50 bits per heavy atom. The summed E-state index contributed by atoms with van der Waals surface area (Å²) in [6.45, 7) is 2.48. The van der Waals surface area contributed by atoms with Gasteiger partial charge < -0.3 is 5.73 Å². The average Bonchev–Trinajstić information content (AvgIpc) is 2.17. The second-order valence-electron chi connectivity index (χ2n) is 2.09. The maximum absolute atomic E-state index is 5.36. The molecular formula is C5H9N3. The predicted molar refractivity (Wildman–Crippen MR) is 31.5 cm³/mol. The van der Waals surface area contributed by atoms with E-state index in [-0.39, 0.29) is 5.54 Å². The van der Waals surface area contributed by atoms with Crippen LogP contribution >= 0.6 is 0 Å². The molecule has 0 saturated carbocycles. The summed E-state index contributed by atoms with van der Waals surface area (Å²) in [6.07, 6.45) is 3.57. The van der Waals surface area contributed by atoms with Crippen LogP contribution in [-0.2, 0) is 0 Å². The monoisotopic (exact) mass is 111 g/mol. The Balaban J connectivity index is 2.69. The number of nitrogens with two attached hydrogens (primary N) is 1. The molecule has 1 aliphatic rings. The van der Waals surface area contributed by atoms with Crippen molar-refractivity contribution in [2.45, 2.75) is 12.5 Å². The van der Waals surface area contributed by atoms with Gasteiger partial charge in [0, 0.05) is 12.7 Å². The van der Waals surface area contributed by atoms with Gasteiger partial charge in [0.05, 0.1) is 0 Å². The van der Waals surface area contributed by atoms with Gasteiger partial charge in [-0.1, -0.05) is 0 Å². The van der Waals surface area contributed by atoms with Gasteiger partial charge in [-0.25, -0.2) is 0 Å². The van der Waals surface area contributed by atoms with Crippen LogP contribution < -0.4 is 5.73 Å². The summed E-state index contributed by atoms with van der Waals surface area (Å²) in [5.74, 6) is 0. The van der Waals surface area contributed by atoms with Gasteiger partial charge in [-0.2, -0.15) is 10.2 Å². The number of hydrogen-bond donors (Lipinski definition) is 1. The fourth-order valence-electron chi connectivity index (χ4n) is 0.501. The van der Waals surface area contributed by atoms with E-state index in [1.54, 1.807) is 6.20 Å². The highest BCUT2D eigenvalue weighted by molar-refractivity contribution is 5.07. The van der Waals surface area contributed by atoms with Crippen LogP contribution in [0, 0.1) is 0 Å². The molecule has 8 heavy (non-hydrogen) atoms. The lowest BCUT2D eigenvalue weighted by atomic mass is 10.1. The lowest BCUT2D eigenvalue weighted by Gasteiger charge is -2.10. The zero-order valence-electron chi connectivity index (χ0n) is 4.83. The molecule has 1 heterocycles. The summed E-state index contributed by atoms with van der Waals surface area (Å²) < 4.78 is 0. The van der Waals surface area contributed by atoms with Crippen molar-refractivity contribution in [1.82, 2.24) is 0 Å². The smallest absolute Gasteiger partial charge is 0.111 e. The SMILES string of the molecule is CC1(CN)C=CN=N1. The van der Waals surface area contributed by atoms with E-state index in [0.29, 0.717) is 6.54 Å². The lowest BCUT2D eigenvalue weighted by molar-refractivity contribution is 0.591. The molecule has 1 unspecified atom stereocenters. The standard InChI is InChI=1S/C5H9N3/c1-5(4-6)2-3-7-8-5/h2-3H,4,6H2,1H3. The van der Waals surface area contributed by atoms with E-state index in [0.717, 1.165) is 0 Å². The first-order valence-corrected chi connectivity index (χ1v) is 2.57. The Hall–Kier alpha value is -0.700. The Morgan fingerprint density at radius 1 is 1.75 bits per heavy atom. The highest BCUT2D eigenvalue weighted by atomic mass is 15.2. The minimum atomic E-state index is -0.208. The van der Waals surface area contributed by atoms with Gasteiger partial charge in [-0.15, -0.1) is 0 Å². The Kier molecular flexibility index (Phi) is 1.13. The largest absolute Gasteiger partial charge is 0.328 e. The molecule has 0 spiro atoms. The molecule has 0 amide bonds. The van der Waals surface area contributed by atoms with Gasteiger partial charge in [0.1, 0.15) is 5.54 Å². The molecule has 0 aromatic carbocycles. The molecule has 0 bridgehead atoms. The van der Waals surface area contributed by atoms with Crippen molar-refractivity contribution in [3.05, 3.63) is 12.3 Å². The Labute approximate surface area is 48.3 Å². The highest BCUT2D eigenvalue weighted by Crippen LogP contribution is 2.15. The fourth-order valence-corrected chi connectivity index (χ4v) is 0.501. The first kappa shape index (κ1) is 5.44. The molecule has 1 rings (SSSR count). The van der Waals surface area contributed by atoms with Gasteiger partial charge >= 0.3 is 0 Å². The van der Waals surface area contributed by atoms with E-state index >= 15 is 0 Å². The summed E-state index contributed by atoms with van der Waals surface area (Å²) in [4.78, 5) is 0. The Bertz CT molecular complexity index is 125. The van der Waals surface area contributed by atoms with E-state index in [9.17, 15) is 0 Å². The predicted octanol–water partition coefficient (Wildman–Crippen LogP) is 0.683. The van der Waals surface area contributed by atoms with Crippen molar-refractivity contribution in [2.24, 2.45) is 16.0 Å². The van der Waals surface area contributed by atoms with E-state index in [2.05, 4.69) is 10.2 Å². The fraction of sp³-hybridized carbons (Fsp3) is 0.600. The molecule has 0 aromatic heterocycles. The molecular weight excluding hydrogens is 102 g/mol. The third kappa shape index (κ3) is 0.767. The first-order chi connectivity index (χ1) is 3.77. The lowest BCUT2D eigenvalue weighted by Crippen LogP contribution is -2.27. The van der Waals surface area contributed by atoms with E-state index in [1.807, 2.05) is 13.0 Å². The molecule has 2 N–H and O–H groups in total. The quantitative estimate of drug-likeness (QED) is 0.531. The van der Waals surface area contributed by atoms with Gasteiger partial charge in [0.2, 0.25) is 0 Å². The van der Waals surface area contributed by atoms with Crippen LogP contribution in [0.5, 0.6) is 0 Å². The third-order valence-corrected chi connectivity index (χ3v) is 1.20. The van der Waals surface area contributed by atoms with Crippen molar-refractivity contribution in [1.29, 1.82) is 0 Å². The number of hydrogen-bond acceptors (Lipinski definition) is 3. The van der Waals surface area contributed by atoms with Crippen molar-refractivity contribution in [3.63, 3.8) is 0 Å². The van der Waals surface area contributed by atoms with Crippen molar-refractivity contribution >= 4 is 0 Å². The van der Waals surface area contributed by atoms with Crippen LogP contribution in [0.1, 0.15) is 6.92 Å². The third-order valence-electron chi connectivity index (χ3n) is 1.20. The minimum Gasteiger partial charge on any atom is -0.328 e. The molecule has 1 aliphatic heterocycles. The maximum atomic E-state index is 5.36. The molecule has 0 fully saturated rings. The van der Waals surface area contributed by atoms with Crippen LogP contribution in [-0.4, -0.2) is 12.1 Å². The van der Waals surface area contributed by atoms with Gasteiger partial charge in [0.15, 0.2) is 0 Å². The van der Waals surface area contributed by atoms with E-state index in [1.165, 1.54) is 0 Å². The second-order valence-corrected chi connectivity index (χ2v) is 2.09. The molecule has 3 nitrogen and oxygen atoms in total. The molecule has 0 aromatic rings. The van der Waals surface area contributed by atoms with E-state index < -0.39 is 0 Å². The minimum absolute atomic E-state index is 0.208.